The Balaban J connectivity index is 1.38. The molecule has 8 nitrogen and oxygen atoms in total. The lowest BCUT2D eigenvalue weighted by molar-refractivity contribution is -0.116. The number of benzene rings is 4. The van der Waals surface area contributed by atoms with Crippen molar-refractivity contribution in [3.05, 3.63) is 84.7 Å². The van der Waals surface area contributed by atoms with Crippen LogP contribution < -0.4 is 24.3 Å². The summed E-state index contributed by atoms with van der Waals surface area (Å²) >= 11 is 0. The molecule has 37 heavy (non-hydrogen) atoms. The number of amides is 1. The number of aromatic nitrogens is 2. The highest BCUT2D eigenvalue weighted by molar-refractivity contribution is 5.92. The maximum Gasteiger partial charge on any atom is 0.244 e. The first-order valence-corrected chi connectivity index (χ1v) is 11.7. The summed E-state index contributed by atoms with van der Waals surface area (Å²) in [7, 11) is 4.59. The Morgan fingerprint density at radius 3 is 2.27 bits per heavy atom. The second-order valence-corrected chi connectivity index (χ2v) is 8.36. The molecule has 0 aliphatic rings. The van der Waals surface area contributed by atoms with Crippen molar-refractivity contribution in [2.24, 2.45) is 0 Å². The van der Waals surface area contributed by atoms with E-state index in [2.05, 4.69) is 11.4 Å². The number of carbonyl (C=O) groups excluding carboxylic acids is 1. The molecule has 188 valence electrons. The van der Waals surface area contributed by atoms with Crippen LogP contribution in [0.1, 0.15) is 5.82 Å². The Hall–Kier alpha value is -4.72. The Morgan fingerprint density at radius 2 is 1.54 bits per heavy atom. The molecule has 0 saturated carbocycles. The highest BCUT2D eigenvalue weighted by Gasteiger charge is 2.17. The third kappa shape index (κ3) is 4.99. The monoisotopic (exact) mass is 497 g/mol. The van der Waals surface area contributed by atoms with Gasteiger partial charge < -0.3 is 28.8 Å². The molecule has 8 heteroatoms. The number of nitrogens with one attached hydrogen (secondary N) is 1. The molecule has 0 aliphatic carbocycles. The summed E-state index contributed by atoms with van der Waals surface area (Å²) in [4.78, 5) is 17.9. The van der Waals surface area contributed by atoms with Gasteiger partial charge in [0.1, 0.15) is 24.7 Å². The van der Waals surface area contributed by atoms with Crippen LogP contribution in [0.15, 0.2) is 78.9 Å². The topological polar surface area (TPSA) is 83.8 Å². The summed E-state index contributed by atoms with van der Waals surface area (Å²) in [6.45, 7) is 0.262. The van der Waals surface area contributed by atoms with E-state index in [0.29, 0.717) is 28.8 Å². The first kappa shape index (κ1) is 24.0. The molecule has 5 aromatic rings. The number of hydrogen-bond donors (Lipinski definition) is 1. The summed E-state index contributed by atoms with van der Waals surface area (Å²) in [6, 6.07) is 25.2. The van der Waals surface area contributed by atoms with E-state index in [1.165, 1.54) is 21.3 Å². The number of nitrogens with zero attached hydrogens (tertiary/aromatic N) is 2. The van der Waals surface area contributed by atoms with E-state index in [0.717, 1.165) is 27.6 Å². The fourth-order valence-corrected chi connectivity index (χ4v) is 4.31. The molecule has 0 spiro atoms. The maximum absolute atomic E-state index is 13.1. The zero-order valence-electron chi connectivity index (χ0n) is 20.9. The van der Waals surface area contributed by atoms with Gasteiger partial charge in [0, 0.05) is 17.8 Å². The number of imidazole rings is 1. The Morgan fingerprint density at radius 1 is 0.838 bits per heavy atom. The van der Waals surface area contributed by atoms with E-state index in [9.17, 15) is 4.79 Å². The molecule has 0 bridgehead atoms. The SMILES string of the molecule is COc1cc(NC(=O)Cn2c(COc3ccc4ccccc4c3)nc3ccccc32)cc(OC)c1OC. The highest BCUT2D eigenvalue weighted by atomic mass is 16.5. The van der Waals surface area contributed by atoms with Crippen LogP contribution in [0, 0.1) is 0 Å². The van der Waals surface area contributed by atoms with Crippen LogP contribution in [0.4, 0.5) is 5.69 Å². The molecular weight excluding hydrogens is 470 g/mol. The predicted molar refractivity (Wildman–Crippen MR) is 143 cm³/mol. The molecule has 4 aromatic carbocycles. The number of rotatable bonds is 9. The minimum Gasteiger partial charge on any atom is -0.493 e. The Kier molecular flexibility index (Phi) is 6.81. The van der Waals surface area contributed by atoms with Crippen LogP contribution in [0.5, 0.6) is 23.0 Å². The van der Waals surface area contributed by atoms with Gasteiger partial charge in [-0.25, -0.2) is 4.98 Å². The molecule has 0 atom stereocenters. The lowest BCUT2D eigenvalue weighted by Crippen LogP contribution is -2.21. The smallest absolute Gasteiger partial charge is 0.244 e. The molecule has 0 radical (unpaired) electrons. The zero-order valence-corrected chi connectivity index (χ0v) is 20.9. The first-order chi connectivity index (χ1) is 18.1. The summed E-state index contributed by atoms with van der Waals surface area (Å²) in [5.74, 6) is 2.51. The van der Waals surface area contributed by atoms with Crippen molar-refractivity contribution < 1.29 is 23.7 Å². The zero-order chi connectivity index (χ0) is 25.8. The van der Waals surface area contributed by atoms with Crippen molar-refractivity contribution in [3.8, 4) is 23.0 Å². The molecule has 1 aromatic heterocycles. The summed E-state index contributed by atoms with van der Waals surface area (Å²) < 4.78 is 24.1. The van der Waals surface area contributed by atoms with E-state index >= 15 is 0 Å². The summed E-state index contributed by atoms with van der Waals surface area (Å²) in [5.41, 5.74) is 2.16. The van der Waals surface area contributed by atoms with Crippen LogP contribution in [0.3, 0.4) is 0 Å². The average molecular weight is 498 g/mol. The van der Waals surface area contributed by atoms with Gasteiger partial charge in [-0.15, -0.1) is 0 Å². The number of carbonyl (C=O) groups is 1. The van der Waals surface area contributed by atoms with Gasteiger partial charge in [0.15, 0.2) is 11.5 Å². The van der Waals surface area contributed by atoms with Gasteiger partial charge in [0.25, 0.3) is 0 Å². The molecule has 0 aliphatic heterocycles. The molecule has 5 rings (SSSR count). The van der Waals surface area contributed by atoms with Crippen molar-refractivity contribution in [1.29, 1.82) is 0 Å². The van der Waals surface area contributed by atoms with Crippen LogP contribution in [0.25, 0.3) is 21.8 Å². The van der Waals surface area contributed by atoms with E-state index in [-0.39, 0.29) is 19.1 Å². The number of anilines is 1. The van der Waals surface area contributed by atoms with Crippen LogP contribution >= 0.6 is 0 Å². The molecule has 1 heterocycles. The minimum absolute atomic E-state index is 0.0492. The van der Waals surface area contributed by atoms with E-state index in [1.54, 1.807) is 12.1 Å². The maximum atomic E-state index is 13.1. The fraction of sp³-hybridized carbons (Fsp3) is 0.172. The third-order valence-corrected chi connectivity index (χ3v) is 6.07. The molecule has 1 amide bonds. The van der Waals surface area contributed by atoms with E-state index < -0.39 is 0 Å². The number of ether oxygens (including phenoxy) is 4. The first-order valence-electron chi connectivity index (χ1n) is 11.7. The van der Waals surface area contributed by atoms with Gasteiger partial charge in [-0.1, -0.05) is 42.5 Å². The van der Waals surface area contributed by atoms with E-state index in [1.807, 2.05) is 65.2 Å². The third-order valence-electron chi connectivity index (χ3n) is 6.07. The Labute approximate surface area is 214 Å². The predicted octanol–water partition coefficient (Wildman–Crippen LogP) is 5.43. The summed E-state index contributed by atoms with van der Waals surface area (Å²) in [5, 5.41) is 5.16. The number of methoxy groups -OCH3 is 3. The number of para-hydroxylation sites is 2. The van der Waals surface area contributed by atoms with Gasteiger partial charge in [0.2, 0.25) is 11.7 Å². The molecular formula is C29H27N3O5. The van der Waals surface area contributed by atoms with Gasteiger partial charge in [-0.3, -0.25) is 4.79 Å². The van der Waals surface area contributed by atoms with E-state index in [4.69, 9.17) is 23.9 Å². The van der Waals surface area contributed by atoms with Crippen molar-refractivity contribution in [2.45, 2.75) is 13.2 Å². The quantitative estimate of drug-likeness (QED) is 0.292. The van der Waals surface area contributed by atoms with Crippen molar-refractivity contribution in [3.63, 3.8) is 0 Å². The van der Waals surface area contributed by atoms with Gasteiger partial charge >= 0.3 is 0 Å². The van der Waals surface area contributed by atoms with Gasteiger partial charge in [-0.05, 0) is 35.0 Å². The van der Waals surface area contributed by atoms with Crippen LogP contribution in [0.2, 0.25) is 0 Å². The normalized spacial score (nSPS) is 10.9. The largest absolute Gasteiger partial charge is 0.493 e. The highest BCUT2D eigenvalue weighted by Crippen LogP contribution is 2.40. The molecule has 0 saturated heterocycles. The van der Waals surface area contributed by atoms with Crippen LogP contribution in [-0.2, 0) is 17.9 Å². The Bertz CT molecular complexity index is 1550. The second kappa shape index (κ2) is 10.5. The van der Waals surface area contributed by atoms with Crippen LogP contribution in [-0.4, -0.2) is 36.8 Å². The second-order valence-electron chi connectivity index (χ2n) is 8.36. The number of fused-ring (bicyclic) bond motifs is 2. The van der Waals surface area contributed by atoms with Crippen molar-refractivity contribution in [2.75, 3.05) is 26.6 Å². The molecule has 0 fully saturated rings. The average Bonchev–Trinajstić information content (AvgIpc) is 3.28. The van der Waals surface area contributed by atoms with Gasteiger partial charge in [-0.2, -0.15) is 0 Å². The summed E-state index contributed by atoms with van der Waals surface area (Å²) in [6.07, 6.45) is 0. The minimum atomic E-state index is -0.232. The standard InChI is InChI=1S/C29H27N3O5/c1-34-25-15-21(16-26(35-2)29(25)36-3)30-28(33)17-32-24-11-7-6-10-23(24)31-27(32)18-37-22-13-12-19-8-4-5-9-20(19)14-22/h4-16H,17-18H2,1-3H3,(H,30,33). The lowest BCUT2D eigenvalue weighted by atomic mass is 10.1. The fourth-order valence-electron chi connectivity index (χ4n) is 4.31. The van der Waals surface area contributed by atoms with Crippen molar-refractivity contribution in [1.82, 2.24) is 9.55 Å². The number of hydrogen-bond acceptors (Lipinski definition) is 6. The lowest BCUT2D eigenvalue weighted by Gasteiger charge is -2.15. The molecule has 1 N–H and O–H groups in total. The molecule has 0 unspecified atom stereocenters. The van der Waals surface area contributed by atoms with Crippen molar-refractivity contribution >= 4 is 33.4 Å². The van der Waals surface area contributed by atoms with Gasteiger partial charge in [0.05, 0.1) is 32.4 Å².